The lowest BCUT2D eigenvalue weighted by atomic mass is 9.84. The SMILES string of the molecule is C/C=C(\N=C(C)C(CCC)C(NC(=O)N1CCC1)C(=O)CCCCNN)c1ccc2c(c1)c(CC(C)(C)COC=O)c(-c1cc(CCCN3CCOCC3C)cnc1C(C)OC)n2CC.CC.CCC. The molecule has 0 aliphatic carbocycles. The van der Waals surface area contributed by atoms with Crippen LogP contribution in [0.2, 0.25) is 0 Å². The number of aromatic nitrogens is 2. The molecule has 4 N–H and O–H groups in total. The van der Waals surface area contributed by atoms with Gasteiger partial charge in [0.05, 0.1) is 49.1 Å². The quantitative estimate of drug-likeness (QED) is 0.0232. The van der Waals surface area contributed by atoms with E-state index in [-0.39, 0.29) is 30.4 Å². The molecule has 4 unspecified atom stereocenters. The summed E-state index contributed by atoms with van der Waals surface area (Å²) in [6, 6.07) is 8.37. The second-order valence-electron chi connectivity index (χ2n) is 19.4. The van der Waals surface area contributed by atoms with Gasteiger partial charge in [-0.25, -0.2) is 4.79 Å². The Morgan fingerprint density at radius 3 is 2.41 bits per heavy atom. The summed E-state index contributed by atoms with van der Waals surface area (Å²) in [4.78, 5) is 53.6. The molecule has 2 aromatic heterocycles. The van der Waals surface area contributed by atoms with E-state index in [0.717, 1.165) is 109 Å². The maximum atomic E-state index is 14.0. The number of methoxy groups -OCH3 is 1. The number of hydrazine groups is 1. The molecule has 3 aromatic rings. The molecule has 2 aliphatic rings. The molecule has 1 aromatic carbocycles. The van der Waals surface area contributed by atoms with Crippen molar-refractivity contribution in [2.24, 2.45) is 22.2 Å². The van der Waals surface area contributed by atoms with Gasteiger partial charge in [0.15, 0.2) is 5.78 Å². The Morgan fingerprint density at radius 2 is 1.81 bits per heavy atom. The Labute approximate surface area is 421 Å². The first-order valence-corrected chi connectivity index (χ1v) is 26.5. The Bertz CT molecular complexity index is 2130. The van der Waals surface area contributed by atoms with Crippen LogP contribution in [0.25, 0.3) is 27.9 Å². The number of nitrogens with one attached hydrogen (secondary N) is 2. The lowest BCUT2D eigenvalue weighted by Gasteiger charge is -2.34. The summed E-state index contributed by atoms with van der Waals surface area (Å²) in [7, 11) is 1.72. The van der Waals surface area contributed by atoms with Crippen LogP contribution in [0.1, 0.15) is 163 Å². The van der Waals surface area contributed by atoms with E-state index in [1.54, 1.807) is 12.0 Å². The van der Waals surface area contributed by atoms with E-state index in [9.17, 15) is 14.4 Å². The summed E-state index contributed by atoms with van der Waals surface area (Å²) >= 11 is 0. The number of ether oxygens (including phenoxy) is 3. The fraction of sp³-hybridized carbons (Fsp3) is 0.661. The third kappa shape index (κ3) is 16.8. The summed E-state index contributed by atoms with van der Waals surface area (Å²) in [6.07, 6.45) is 11.8. The standard InChI is InChI=1S/C51H78N8O6.C3H8.C2H6/c1-10-17-40(48(46(61)19-13-14-22-54-52)56-50(62)58-24-16-25-58)36(5)55-44(11-2)39-20-21-45-41(29-39)43(30-51(7,8)33-65-34-60)49(59(45)12-3)42-28-38(31-53-47(42)37(6)63-9)18-15-23-57-26-27-64-32-35(57)4;1-3-2;1-2/h11,20-21,28-29,31,34-35,37,40,48,54H,10,12-19,22-27,30,32-33,52H2,1-9H3,(H,56,62);3H2,1-2H3;1-2H3/b44-11-,55-36?;;. The third-order valence-corrected chi connectivity index (χ3v) is 13.2. The number of fused-ring (bicyclic) bond motifs is 1. The van der Waals surface area contributed by atoms with Crippen molar-refractivity contribution in [3.63, 3.8) is 0 Å². The van der Waals surface area contributed by atoms with Crippen LogP contribution in [0.4, 0.5) is 4.79 Å². The van der Waals surface area contributed by atoms with Crippen LogP contribution < -0.4 is 16.6 Å². The van der Waals surface area contributed by atoms with Gasteiger partial charge in [0.2, 0.25) is 0 Å². The van der Waals surface area contributed by atoms with Crippen molar-refractivity contribution < 1.29 is 28.6 Å². The first-order valence-electron chi connectivity index (χ1n) is 26.5. The number of nitrogens with two attached hydrogens (primary N) is 1. The van der Waals surface area contributed by atoms with Gasteiger partial charge in [-0.1, -0.05) is 73.5 Å². The predicted octanol–water partition coefficient (Wildman–Crippen LogP) is 10.5. The number of likely N-dealkylation sites (tertiary alicyclic amines) is 1. The number of hydrogen-bond donors (Lipinski definition) is 3. The van der Waals surface area contributed by atoms with Crippen LogP contribution in [0.15, 0.2) is 41.5 Å². The minimum absolute atomic E-state index is 0.0130. The highest BCUT2D eigenvalue weighted by molar-refractivity contribution is 5.99. The summed E-state index contributed by atoms with van der Waals surface area (Å²) in [5.74, 6) is 5.23. The number of rotatable bonds is 26. The number of morpholine rings is 1. The van der Waals surface area contributed by atoms with Gasteiger partial charge in [0, 0.05) is 97.6 Å². The van der Waals surface area contributed by atoms with E-state index >= 15 is 0 Å². The number of aliphatic imine (C=N–C) groups is 1. The van der Waals surface area contributed by atoms with Gasteiger partial charge >= 0.3 is 6.03 Å². The molecule has 2 saturated heterocycles. The maximum absolute atomic E-state index is 14.0. The number of ketones is 1. The number of Topliss-reactive ketones (excluding diaryl/α,β-unsaturated/α-hetero) is 1. The van der Waals surface area contributed by atoms with Crippen molar-refractivity contribution in [1.29, 1.82) is 0 Å². The Balaban J connectivity index is 0.00000249. The summed E-state index contributed by atoms with van der Waals surface area (Å²) < 4.78 is 19.5. The molecule has 0 bridgehead atoms. The van der Waals surface area contributed by atoms with E-state index in [4.69, 9.17) is 30.0 Å². The van der Waals surface area contributed by atoms with Crippen molar-refractivity contribution in [2.75, 3.05) is 59.7 Å². The van der Waals surface area contributed by atoms with Crippen LogP contribution in [-0.2, 0) is 43.2 Å². The molecule has 392 valence electrons. The molecule has 0 radical (unpaired) electrons. The van der Waals surface area contributed by atoms with Crippen molar-refractivity contribution >= 4 is 40.6 Å². The molecule has 2 fully saturated rings. The second-order valence-corrected chi connectivity index (χ2v) is 19.4. The topological polar surface area (TPSA) is 166 Å². The number of urea groups is 1. The van der Waals surface area contributed by atoms with E-state index in [0.29, 0.717) is 64.4 Å². The minimum atomic E-state index is -0.697. The number of aryl methyl sites for hydroxylation is 2. The molecule has 4 heterocycles. The van der Waals surface area contributed by atoms with Gasteiger partial charge < -0.3 is 29.0 Å². The van der Waals surface area contributed by atoms with Crippen LogP contribution in [0, 0.1) is 11.3 Å². The maximum Gasteiger partial charge on any atom is 0.318 e. The zero-order valence-electron chi connectivity index (χ0n) is 45.5. The van der Waals surface area contributed by atoms with Crippen LogP contribution in [-0.4, -0.2) is 115 Å². The van der Waals surface area contributed by atoms with E-state index < -0.39 is 11.5 Å². The highest BCUT2D eigenvalue weighted by Gasteiger charge is 2.34. The van der Waals surface area contributed by atoms with Crippen molar-refractivity contribution in [3.05, 3.63) is 58.9 Å². The number of hydrogen-bond acceptors (Lipinski definition) is 11. The lowest BCUT2D eigenvalue weighted by Crippen LogP contribution is -2.55. The molecular formula is C56H92N8O6. The molecule has 4 atom stereocenters. The van der Waals surface area contributed by atoms with Gasteiger partial charge in [0.25, 0.3) is 6.47 Å². The van der Waals surface area contributed by atoms with E-state index in [1.165, 1.54) is 12.0 Å². The number of nitrogens with zero attached hydrogens (tertiary/aromatic N) is 5. The average Bonchev–Trinajstić information content (AvgIpc) is 3.64. The highest BCUT2D eigenvalue weighted by Crippen LogP contribution is 2.42. The Morgan fingerprint density at radius 1 is 1.09 bits per heavy atom. The number of benzene rings is 1. The largest absolute Gasteiger partial charge is 0.467 e. The normalized spacial score (nSPS) is 16.8. The molecule has 14 nitrogen and oxygen atoms in total. The lowest BCUT2D eigenvalue weighted by molar-refractivity contribution is -0.131. The van der Waals surface area contributed by atoms with Crippen LogP contribution in [0.3, 0.4) is 0 Å². The highest BCUT2D eigenvalue weighted by atomic mass is 16.5. The van der Waals surface area contributed by atoms with E-state index in [2.05, 4.69) is 92.9 Å². The smallest absolute Gasteiger partial charge is 0.318 e. The number of carbonyl (C=O) groups is 3. The Hall–Kier alpha value is -4.47. The first-order chi connectivity index (χ1) is 33.7. The number of pyridine rings is 1. The monoisotopic (exact) mass is 973 g/mol. The van der Waals surface area contributed by atoms with Crippen molar-refractivity contribution in [2.45, 2.75) is 172 Å². The Kier molecular flexibility index (Phi) is 26.6. The van der Waals surface area contributed by atoms with E-state index in [1.807, 2.05) is 46.9 Å². The summed E-state index contributed by atoms with van der Waals surface area (Å²) in [5.41, 5.74) is 11.2. The van der Waals surface area contributed by atoms with Crippen LogP contribution >= 0.6 is 0 Å². The molecule has 70 heavy (non-hydrogen) atoms. The van der Waals surface area contributed by atoms with Gasteiger partial charge in [0.1, 0.15) is 0 Å². The summed E-state index contributed by atoms with van der Waals surface area (Å²) in [6.45, 7) is 32.0. The zero-order valence-corrected chi connectivity index (χ0v) is 45.5. The fourth-order valence-electron chi connectivity index (χ4n) is 9.38. The van der Waals surface area contributed by atoms with Crippen molar-refractivity contribution in [3.8, 4) is 11.3 Å². The molecule has 14 heteroatoms. The molecule has 2 amide bonds. The molecular weight excluding hydrogens is 881 g/mol. The van der Waals surface area contributed by atoms with Gasteiger partial charge in [-0.05, 0) is 115 Å². The predicted molar refractivity (Wildman–Crippen MR) is 288 cm³/mol. The molecule has 0 spiro atoms. The van der Waals surface area contributed by atoms with Crippen molar-refractivity contribution in [1.82, 2.24) is 30.1 Å². The number of allylic oxidation sites excluding steroid dienone is 1. The number of carbonyl (C=O) groups excluding carboxylic acids is 3. The zero-order chi connectivity index (χ0) is 51.8. The fourth-order valence-corrected chi connectivity index (χ4v) is 9.38. The average molecular weight is 973 g/mol. The van der Waals surface area contributed by atoms with Gasteiger partial charge in [-0.15, -0.1) is 0 Å². The number of amides is 2. The second kappa shape index (κ2) is 31.1. The third-order valence-electron chi connectivity index (χ3n) is 13.2. The van der Waals surface area contributed by atoms with Crippen LogP contribution in [0.5, 0.6) is 0 Å². The van der Waals surface area contributed by atoms with Gasteiger partial charge in [-0.2, -0.15) is 0 Å². The molecule has 2 aliphatic heterocycles. The minimum Gasteiger partial charge on any atom is -0.467 e. The number of unbranched alkanes of at least 4 members (excludes halogenated alkanes) is 1. The van der Waals surface area contributed by atoms with Gasteiger partial charge in [-0.3, -0.25) is 35.7 Å². The molecule has 0 saturated carbocycles. The molecule has 5 rings (SSSR count). The first kappa shape index (κ1) is 59.8. The summed E-state index contributed by atoms with van der Waals surface area (Å²) in [5, 5.41) is 4.23.